The van der Waals surface area contributed by atoms with Gasteiger partial charge in [-0.25, -0.2) is 6.08 Å². The summed E-state index contributed by atoms with van der Waals surface area (Å²) in [6, 6.07) is 32.8. The van der Waals surface area contributed by atoms with E-state index < -0.39 is 0 Å². The van der Waals surface area contributed by atoms with Gasteiger partial charge < -0.3 is 0 Å². The minimum atomic E-state index is 0.0380. The third-order valence-corrected chi connectivity index (χ3v) is 10.4. The summed E-state index contributed by atoms with van der Waals surface area (Å²) in [7, 11) is 0. The second-order valence-electron chi connectivity index (χ2n) is 17.3. The van der Waals surface area contributed by atoms with Gasteiger partial charge in [0.1, 0.15) is 0 Å². The summed E-state index contributed by atoms with van der Waals surface area (Å²) >= 11 is 1.55. The molecule has 1 fully saturated rings. The molecule has 4 aromatic carbocycles. The Morgan fingerprint density at radius 3 is 1.78 bits per heavy atom. The Balaban J connectivity index is 0.000000236. The number of rotatable bonds is 3. The molecule has 1 saturated carbocycles. The van der Waals surface area contributed by atoms with Crippen molar-refractivity contribution in [3.05, 3.63) is 131 Å². The fourth-order valence-corrected chi connectivity index (χ4v) is 7.68. The Bertz CT molecular complexity index is 1740. The zero-order valence-electron chi connectivity index (χ0n) is 32.5. The van der Waals surface area contributed by atoms with Crippen LogP contribution in [0.25, 0.3) is 33.4 Å². The molecule has 0 aliphatic heterocycles. The van der Waals surface area contributed by atoms with Crippen LogP contribution in [0.15, 0.2) is 96.6 Å². The van der Waals surface area contributed by atoms with Crippen LogP contribution in [-0.2, 0) is 41.5 Å². The molecular weight excluding hydrogens is 680 g/mol. The second-order valence-corrected chi connectivity index (χ2v) is 19.7. The normalized spacial score (nSPS) is 17.4. The fraction of sp³-hybridized carbons (Fsp3) is 0.408. The average molecular weight is 738 g/mol. The predicted octanol–water partition coefficient (Wildman–Crippen LogP) is 13.6. The Morgan fingerprint density at radius 2 is 1.26 bits per heavy atom. The zero-order valence-corrected chi connectivity index (χ0v) is 34.9. The molecule has 0 radical (unpaired) electrons. The van der Waals surface area contributed by atoms with E-state index in [2.05, 4.69) is 172 Å². The molecule has 0 spiro atoms. The van der Waals surface area contributed by atoms with Crippen LogP contribution in [0.2, 0.25) is 0 Å². The van der Waals surface area contributed by atoms with Gasteiger partial charge in [0.15, 0.2) is 0 Å². The van der Waals surface area contributed by atoms with Crippen LogP contribution in [0, 0.1) is 23.5 Å². The van der Waals surface area contributed by atoms with E-state index in [0.29, 0.717) is 11.3 Å². The molecular formula is C49H58Zr. The van der Waals surface area contributed by atoms with Crippen LogP contribution in [0.4, 0.5) is 0 Å². The number of hydrogen-bond acceptors (Lipinski definition) is 0. The number of hydrogen-bond donors (Lipinski definition) is 0. The molecule has 3 aliphatic carbocycles. The van der Waals surface area contributed by atoms with Gasteiger partial charge in [-0.3, -0.25) is 6.08 Å². The van der Waals surface area contributed by atoms with Gasteiger partial charge in [0.05, 0.1) is 0 Å². The summed E-state index contributed by atoms with van der Waals surface area (Å²) in [6.07, 6.45) is 16.0. The summed E-state index contributed by atoms with van der Waals surface area (Å²) in [6.45, 7) is 22.8. The molecule has 1 unspecified atom stereocenters. The second kappa shape index (κ2) is 15.8. The van der Waals surface area contributed by atoms with Gasteiger partial charge in [-0.2, -0.15) is 11.6 Å². The van der Waals surface area contributed by atoms with Crippen LogP contribution in [0.3, 0.4) is 0 Å². The van der Waals surface area contributed by atoms with Gasteiger partial charge in [0, 0.05) is 0 Å². The van der Waals surface area contributed by atoms with Crippen molar-refractivity contribution in [2.75, 3.05) is 0 Å². The summed E-state index contributed by atoms with van der Waals surface area (Å²) in [5, 5.41) is 0. The van der Waals surface area contributed by atoms with E-state index in [1.54, 1.807) is 29.8 Å². The van der Waals surface area contributed by atoms with Gasteiger partial charge in [-0.1, -0.05) is 188 Å². The van der Waals surface area contributed by atoms with Crippen molar-refractivity contribution >= 4 is 3.21 Å². The van der Waals surface area contributed by atoms with Gasteiger partial charge in [0.25, 0.3) is 0 Å². The van der Waals surface area contributed by atoms with Crippen molar-refractivity contribution in [1.82, 2.24) is 0 Å². The van der Waals surface area contributed by atoms with E-state index in [1.807, 2.05) is 0 Å². The fourth-order valence-electron chi connectivity index (χ4n) is 7.68. The number of fused-ring (bicyclic) bond motifs is 3. The van der Waals surface area contributed by atoms with Crippen molar-refractivity contribution < 1.29 is 24.2 Å². The number of allylic oxidation sites excluding steroid dienone is 4. The van der Waals surface area contributed by atoms with Crippen molar-refractivity contribution in [2.45, 2.75) is 119 Å². The van der Waals surface area contributed by atoms with Crippen LogP contribution >= 0.6 is 0 Å². The van der Waals surface area contributed by atoms with Gasteiger partial charge in [0.2, 0.25) is 0 Å². The molecule has 4 aromatic rings. The third-order valence-electron chi connectivity index (χ3n) is 10.4. The van der Waals surface area contributed by atoms with E-state index in [0.717, 1.165) is 6.42 Å². The number of benzene rings is 4. The summed E-state index contributed by atoms with van der Waals surface area (Å²) in [5.41, 5.74) is 15.5. The Morgan fingerprint density at radius 1 is 0.720 bits per heavy atom. The van der Waals surface area contributed by atoms with E-state index in [4.69, 9.17) is 0 Å². The molecule has 0 N–H and O–H groups in total. The molecule has 7 rings (SSSR count). The van der Waals surface area contributed by atoms with Crippen molar-refractivity contribution in [2.24, 2.45) is 11.3 Å². The van der Waals surface area contributed by atoms with Crippen molar-refractivity contribution in [3.8, 4) is 33.4 Å². The monoisotopic (exact) mass is 736 g/mol. The van der Waals surface area contributed by atoms with Crippen molar-refractivity contribution in [1.29, 1.82) is 0 Å². The van der Waals surface area contributed by atoms with Gasteiger partial charge in [-0.05, 0) is 39.5 Å². The van der Waals surface area contributed by atoms with Gasteiger partial charge >= 0.3 is 41.3 Å². The molecule has 0 bridgehead atoms. The molecule has 0 aromatic heterocycles. The summed E-state index contributed by atoms with van der Waals surface area (Å²) in [4.78, 5) is 0. The summed E-state index contributed by atoms with van der Waals surface area (Å²) < 4.78 is 1.51. The first-order chi connectivity index (χ1) is 23.6. The van der Waals surface area contributed by atoms with E-state index in [9.17, 15) is 0 Å². The molecule has 50 heavy (non-hydrogen) atoms. The van der Waals surface area contributed by atoms with Crippen molar-refractivity contribution in [3.63, 3.8) is 0 Å². The standard InChI is InChI=1S/C33H33.C13H19.C3H6.Zr/c1-32(2,3)30-20-26-24(18-28(30)22-13-9-7-10-14-22)17-25-19-29(23-15-11-8-12-16-23)31(21-27(25)26)33(4,5)6;1-11-6-7-12(10-11)13(2)8-4-3-5-9-13;1-3-2;/h7-16,18,20-21H,17H2,1-6H3;7,10-11H,3-5,8-9H2,1-2H3;1-2H3;/q2*-1;;+2. The third kappa shape index (κ3) is 9.12. The van der Waals surface area contributed by atoms with Crippen LogP contribution in [-0.4, -0.2) is 3.21 Å². The predicted molar refractivity (Wildman–Crippen MR) is 214 cm³/mol. The van der Waals surface area contributed by atoms with Gasteiger partial charge in [-0.15, -0.1) is 28.8 Å². The molecule has 1 atom stereocenters. The molecule has 0 saturated heterocycles. The van der Waals surface area contributed by atoms with E-state index in [1.165, 1.54) is 90.9 Å². The van der Waals surface area contributed by atoms with E-state index in [-0.39, 0.29) is 10.8 Å². The molecule has 258 valence electrons. The molecule has 0 nitrogen and oxygen atoms in total. The Kier molecular flexibility index (Phi) is 12.1. The van der Waals surface area contributed by atoms with Crippen LogP contribution < -0.4 is 0 Å². The summed E-state index contributed by atoms with van der Waals surface area (Å²) in [5.74, 6) is 0.550. The quantitative estimate of drug-likeness (QED) is 0.162. The van der Waals surface area contributed by atoms with Crippen LogP contribution in [0.5, 0.6) is 0 Å². The first-order valence-electron chi connectivity index (χ1n) is 18.8. The maximum atomic E-state index is 3.88. The molecule has 0 heterocycles. The first-order valence-corrected chi connectivity index (χ1v) is 20.0. The van der Waals surface area contributed by atoms with E-state index >= 15 is 0 Å². The minimum absolute atomic E-state index is 0.0380. The Labute approximate surface area is 319 Å². The van der Waals surface area contributed by atoms with Crippen LogP contribution in [0.1, 0.15) is 124 Å². The first kappa shape index (κ1) is 38.3. The SMILES string of the molecule is CC(C)(C)c1cc2c([c-]c1-c1ccccc1)Cc1cc(-c3ccccc3)c(C(C)(C)C)cc1-2.CC1[C-]=CC(C2(C)CCCCC2)=C1.C[C](C)=[Zr+2]. The topological polar surface area (TPSA) is 0 Å². The maximum absolute atomic E-state index is 3.88. The molecule has 0 amide bonds. The molecule has 3 aliphatic rings. The Hall–Kier alpha value is -2.89. The molecule has 1 heteroatoms. The average Bonchev–Trinajstić information content (AvgIpc) is 3.67. The zero-order chi connectivity index (χ0) is 36.3.